The summed E-state index contributed by atoms with van der Waals surface area (Å²) < 4.78 is 1.91. The van der Waals surface area contributed by atoms with E-state index in [4.69, 9.17) is 0 Å². The van der Waals surface area contributed by atoms with Crippen molar-refractivity contribution in [3.63, 3.8) is 0 Å². The van der Waals surface area contributed by atoms with Crippen molar-refractivity contribution in [3.05, 3.63) is 114 Å². The molecule has 176 valence electrons. The molecule has 2 N–H and O–H groups in total. The number of benzene rings is 3. The summed E-state index contributed by atoms with van der Waals surface area (Å²) in [7, 11) is 0. The van der Waals surface area contributed by atoms with Crippen molar-refractivity contribution in [3.8, 4) is 11.1 Å². The molecule has 0 aliphatic carbocycles. The molecule has 2 heterocycles. The van der Waals surface area contributed by atoms with Crippen LogP contribution in [0, 0.1) is 6.92 Å². The molecule has 0 unspecified atom stereocenters. The smallest absolute Gasteiger partial charge is 0.186 e. The van der Waals surface area contributed by atoms with Gasteiger partial charge in [-0.15, -0.1) is 0 Å². The van der Waals surface area contributed by atoms with Crippen LogP contribution in [0.3, 0.4) is 0 Å². The van der Waals surface area contributed by atoms with Crippen molar-refractivity contribution in [1.29, 1.82) is 0 Å². The van der Waals surface area contributed by atoms with Gasteiger partial charge < -0.3 is 10.3 Å². The van der Waals surface area contributed by atoms with Crippen LogP contribution in [0.2, 0.25) is 0 Å². The number of rotatable bonds is 9. The van der Waals surface area contributed by atoms with Crippen molar-refractivity contribution in [2.75, 3.05) is 6.54 Å². The molecule has 0 aliphatic heterocycles. The van der Waals surface area contributed by atoms with Gasteiger partial charge in [-0.2, -0.15) is 5.10 Å². The normalized spacial score (nSPS) is 12.2. The molecule has 0 aliphatic rings. The van der Waals surface area contributed by atoms with E-state index >= 15 is 0 Å². The molecule has 5 rings (SSSR count). The molecule has 1 atom stereocenters. The molecule has 0 bridgehead atoms. The van der Waals surface area contributed by atoms with Crippen LogP contribution in [0.1, 0.15) is 40.0 Å². The van der Waals surface area contributed by atoms with Gasteiger partial charge in [-0.05, 0) is 43.0 Å². The largest absolute Gasteiger partial charge is 0.360 e. The van der Waals surface area contributed by atoms with Crippen LogP contribution in [0.4, 0.5) is 0 Å². The molecule has 0 saturated carbocycles. The van der Waals surface area contributed by atoms with Gasteiger partial charge in [-0.3, -0.25) is 9.48 Å². The quantitative estimate of drug-likeness (QED) is 0.260. The number of fused-ring (bicyclic) bond motifs is 1. The summed E-state index contributed by atoms with van der Waals surface area (Å²) in [5.74, 6) is 0.0675. The number of nitrogens with one attached hydrogen (secondary N) is 2. The van der Waals surface area contributed by atoms with Gasteiger partial charge in [0.25, 0.3) is 0 Å². The standard InChI is InChI=1S/C30H30N4O/c1-3-34-20-25(18-33-34)24-13-14-26-27(19-32-28(26)17-24)30(35)29(23-7-5-4-6-8-23)31-16-15-22-11-9-21(2)10-12-22/h4-14,17-20,29,31-32H,3,15-16H2,1-2H3/t29-/m1/s1. The van der Waals surface area contributed by atoms with Gasteiger partial charge in [0.05, 0.1) is 12.2 Å². The highest BCUT2D eigenvalue weighted by Crippen LogP contribution is 2.29. The monoisotopic (exact) mass is 462 g/mol. The average molecular weight is 463 g/mol. The van der Waals surface area contributed by atoms with Gasteiger partial charge >= 0.3 is 0 Å². The number of hydrogen-bond donors (Lipinski definition) is 2. The lowest BCUT2D eigenvalue weighted by Gasteiger charge is -2.18. The molecule has 0 saturated heterocycles. The third-order valence-electron chi connectivity index (χ3n) is 6.52. The van der Waals surface area contributed by atoms with Crippen LogP contribution < -0.4 is 5.32 Å². The highest BCUT2D eigenvalue weighted by atomic mass is 16.1. The first-order valence-corrected chi connectivity index (χ1v) is 12.1. The fourth-order valence-electron chi connectivity index (χ4n) is 4.47. The van der Waals surface area contributed by atoms with Crippen LogP contribution in [0.5, 0.6) is 0 Å². The molecule has 0 spiro atoms. The van der Waals surface area contributed by atoms with Crippen LogP contribution in [0.15, 0.2) is 91.4 Å². The van der Waals surface area contributed by atoms with Gasteiger partial charge in [0.1, 0.15) is 0 Å². The third-order valence-corrected chi connectivity index (χ3v) is 6.52. The molecule has 3 aromatic carbocycles. The number of aromatic nitrogens is 3. The maximum atomic E-state index is 13.8. The van der Waals surface area contributed by atoms with Crippen molar-refractivity contribution in [2.24, 2.45) is 0 Å². The number of aromatic amines is 1. The summed E-state index contributed by atoms with van der Waals surface area (Å²) in [6.07, 6.45) is 6.62. The lowest BCUT2D eigenvalue weighted by Crippen LogP contribution is -2.30. The average Bonchev–Trinajstić information content (AvgIpc) is 3.55. The number of carbonyl (C=O) groups is 1. The topological polar surface area (TPSA) is 62.7 Å². The van der Waals surface area contributed by atoms with Crippen LogP contribution in [-0.4, -0.2) is 27.1 Å². The van der Waals surface area contributed by atoms with Crippen molar-refractivity contribution in [1.82, 2.24) is 20.1 Å². The van der Waals surface area contributed by atoms with Gasteiger partial charge in [-0.25, -0.2) is 0 Å². The fourth-order valence-corrected chi connectivity index (χ4v) is 4.47. The van der Waals surface area contributed by atoms with Gasteiger partial charge in [0.2, 0.25) is 0 Å². The predicted octanol–water partition coefficient (Wildman–Crippen LogP) is 6.12. The Morgan fingerprint density at radius 3 is 2.57 bits per heavy atom. The molecule has 5 aromatic rings. The molecular weight excluding hydrogens is 432 g/mol. The van der Waals surface area contributed by atoms with Crippen molar-refractivity contribution < 1.29 is 4.79 Å². The Balaban J connectivity index is 1.40. The lowest BCUT2D eigenvalue weighted by molar-refractivity contribution is 0.0945. The predicted molar refractivity (Wildman–Crippen MR) is 142 cm³/mol. The number of nitrogens with zero attached hydrogens (tertiary/aromatic N) is 2. The minimum absolute atomic E-state index is 0.0675. The highest BCUT2D eigenvalue weighted by Gasteiger charge is 2.24. The zero-order chi connectivity index (χ0) is 24.2. The van der Waals surface area contributed by atoms with E-state index in [2.05, 4.69) is 65.6 Å². The number of carbonyl (C=O) groups excluding carboxylic acids is 1. The summed E-state index contributed by atoms with van der Waals surface area (Å²) in [4.78, 5) is 17.1. The molecular formula is C30H30N4O. The number of H-pyrrole nitrogens is 1. The zero-order valence-electron chi connectivity index (χ0n) is 20.2. The molecule has 0 radical (unpaired) electrons. The first-order chi connectivity index (χ1) is 17.1. The number of hydrogen-bond acceptors (Lipinski definition) is 3. The SMILES string of the molecule is CCn1cc(-c2ccc3c(C(=O)[C@H](NCCc4ccc(C)cc4)c4ccccc4)c[nH]c3c2)cn1. The number of Topliss-reactive ketones (excluding diaryl/α,β-unsaturated/α-hetero) is 1. The van der Waals surface area contributed by atoms with Crippen LogP contribution in [-0.2, 0) is 13.0 Å². The third kappa shape index (κ3) is 4.96. The molecule has 5 nitrogen and oxygen atoms in total. The van der Waals surface area contributed by atoms with Gasteiger partial charge in [0.15, 0.2) is 5.78 Å². The second-order valence-electron chi connectivity index (χ2n) is 8.95. The van der Waals surface area contributed by atoms with E-state index in [9.17, 15) is 4.79 Å². The summed E-state index contributed by atoms with van der Waals surface area (Å²) in [5, 5.41) is 8.84. The minimum Gasteiger partial charge on any atom is -0.360 e. The van der Waals surface area contributed by atoms with E-state index in [0.717, 1.165) is 40.6 Å². The van der Waals surface area contributed by atoms with Crippen molar-refractivity contribution in [2.45, 2.75) is 32.9 Å². The Morgan fingerprint density at radius 2 is 1.83 bits per heavy atom. The number of aryl methyl sites for hydroxylation is 2. The maximum Gasteiger partial charge on any atom is 0.186 e. The minimum atomic E-state index is -0.414. The van der Waals surface area contributed by atoms with Crippen LogP contribution in [0.25, 0.3) is 22.0 Å². The fraction of sp³-hybridized carbons (Fsp3) is 0.200. The molecule has 0 amide bonds. The summed E-state index contributed by atoms with van der Waals surface area (Å²) >= 11 is 0. The summed E-state index contributed by atoms with van der Waals surface area (Å²) in [5.41, 5.74) is 7.27. The zero-order valence-corrected chi connectivity index (χ0v) is 20.2. The molecule has 0 fully saturated rings. The first-order valence-electron chi connectivity index (χ1n) is 12.1. The highest BCUT2D eigenvalue weighted by molar-refractivity contribution is 6.11. The Hall–Kier alpha value is -3.96. The van der Waals surface area contributed by atoms with E-state index in [1.807, 2.05) is 59.7 Å². The second-order valence-corrected chi connectivity index (χ2v) is 8.95. The van der Waals surface area contributed by atoms with E-state index in [0.29, 0.717) is 12.1 Å². The summed E-state index contributed by atoms with van der Waals surface area (Å²) in [6.45, 7) is 5.71. The number of ketones is 1. The van der Waals surface area contributed by atoms with E-state index in [-0.39, 0.29) is 5.78 Å². The molecule has 2 aromatic heterocycles. The Morgan fingerprint density at radius 1 is 1.03 bits per heavy atom. The Kier molecular flexibility index (Phi) is 6.59. The molecule has 35 heavy (non-hydrogen) atoms. The Bertz CT molecular complexity index is 1430. The first kappa shape index (κ1) is 22.8. The van der Waals surface area contributed by atoms with E-state index < -0.39 is 6.04 Å². The summed E-state index contributed by atoms with van der Waals surface area (Å²) in [6, 6.07) is 24.3. The van der Waals surface area contributed by atoms with E-state index in [1.165, 1.54) is 11.1 Å². The lowest BCUT2D eigenvalue weighted by atomic mass is 9.96. The van der Waals surface area contributed by atoms with Gasteiger partial charge in [-0.1, -0.05) is 72.3 Å². The second kappa shape index (κ2) is 10.1. The van der Waals surface area contributed by atoms with Gasteiger partial charge in [0, 0.05) is 47.5 Å². The molecule has 5 heteroatoms. The van der Waals surface area contributed by atoms with Crippen molar-refractivity contribution >= 4 is 16.7 Å². The van der Waals surface area contributed by atoms with E-state index in [1.54, 1.807) is 0 Å². The van der Waals surface area contributed by atoms with Crippen LogP contribution >= 0.6 is 0 Å². The maximum absolute atomic E-state index is 13.8. The Labute approximate surface area is 205 Å².